The first-order valence-corrected chi connectivity index (χ1v) is 11.5. The lowest BCUT2D eigenvalue weighted by Crippen LogP contribution is -2.52. The van der Waals surface area contributed by atoms with Gasteiger partial charge in [0.25, 0.3) is 0 Å². The van der Waals surface area contributed by atoms with Crippen molar-refractivity contribution in [3.8, 4) is 0 Å². The zero-order valence-corrected chi connectivity index (χ0v) is 17.0. The topological polar surface area (TPSA) is 79.0 Å². The number of nitrogens with zero attached hydrogens (tertiary/aromatic N) is 2. The monoisotopic (exact) mass is 413 g/mol. The summed E-state index contributed by atoms with van der Waals surface area (Å²) in [6.45, 7) is 4.41. The highest BCUT2D eigenvalue weighted by Crippen LogP contribution is 2.35. The third-order valence-electron chi connectivity index (χ3n) is 5.69. The molecule has 0 radical (unpaired) electrons. The molecule has 0 aromatic heterocycles. The number of rotatable bonds is 6. The summed E-state index contributed by atoms with van der Waals surface area (Å²) in [5.74, 6) is -0.378. The summed E-state index contributed by atoms with van der Waals surface area (Å²) in [5.41, 5.74) is 0.123. The predicted molar refractivity (Wildman–Crippen MR) is 104 cm³/mol. The second-order valence-corrected chi connectivity index (χ2v) is 9.44. The molecule has 9 heteroatoms. The lowest BCUT2D eigenvalue weighted by molar-refractivity contribution is -0.130. The van der Waals surface area contributed by atoms with Crippen LogP contribution >= 0.6 is 0 Å². The number of amides is 1. The largest absolute Gasteiger partial charge is 0.381 e. The van der Waals surface area contributed by atoms with E-state index in [0.29, 0.717) is 65.3 Å². The van der Waals surface area contributed by atoms with Crippen LogP contribution in [0.15, 0.2) is 24.3 Å². The van der Waals surface area contributed by atoms with Gasteiger partial charge in [0, 0.05) is 52.5 Å². The zero-order chi connectivity index (χ0) is 20.2. The highest BCUT2D eigenvalue weighted by molar-refractivity contribution is 7.88. The van der Waals surface area contributed by atoms with Crippen LogP contribution in [0.1, 0.15) is 18.4 Å². The number of sulfonamides is 1. The number of benzene rings is 1. The van der Waals surface area contributed by atoms with Crippen LogP contribution in [0.5, 0.6) is 0 Å². The molecule has 7 nitrogen and oxygen atoms in total. The van der Waals surface area contributed by atoms with Crippen molar-refractivity contribution in [2.75, 3.05) is 58.7 Å². The Labute approximate surface area is 165 Å². The average Bonchev–Trinajstić information content (AvgIpc) is 2.68. The van der Waals surface area contributed by atoms with Gasteiger partial charge in [-0.1, -0.05) is 12.1 Å². The van der Waals surface area contributed by atoms with Gasteiger partial charge in [0.2, 0.25) is 15.9 Å². The third kappa shape index (κ3) is 4.89. The van der Waals surface area contributed by atoms with Crippen molar-refractivity contribution in [1.29, 1.82) is 0 Å². The second-order valence-electron chi connectivity index (χ2n) is 7.46. The van der Waals surface area contributed by atoms with Crippen LogP contribution in [0, 0.1) is 5.82 Å². The number of halogens is 1. The van der Waals surface area contributed by atoms with E-state index in [9.17, 15) is 17.6 Å². The molecule has 1 aromatic carbocycles. The lowest BCUT2D eigenvalue weighted by Gasteiger charge is -2.37. The molecule has 3 rings (SSSR count). The first-order chi connectivity index (χ1) is 13.3. The summed E-state index contributed by atoms with van der Waals surface area (Å²) in [6, 6.07) is 6.15. The van der Waals surface area contributed by atoms with Crippen LogP contribution in [0.3, 0.4) is 0 Å². The quantitative estimate of drug-likeness (QED) is 0.738. The number of hydrogen-bond acceptors (Lipinski definition) is 5. The van der Waals surface area contributed by atoms with Gasteiger partial charge in [-0.05, 0) is 30.5 Å². The molecule has 0 aliphatic carbocycles. The molecule has 0 atom stereocenters. The van der Waals surface area contributed by atoms with Crippen molar-refractivity contribution in [3.05, 3.63) is 35.6 Å². The van der Waals surface area contributed by atoms with Gasteiger partial charge in [-0.3, -0.25) is 9.69 Å². The predicted octanol–water partition coefficient (Wildman–Crippen LogP) is 0.567. The number of carbonyl (C=O) groups is 1. The molecule has 1 aromatic rings. The Morgan fingerprint density at radius 1 is 1.14 bits per heavy atom. The van der Waals surface area contributed by atoms with E-state index in [1.807, 2.05) is 0 Å². The fraction of sp³-hybridized carbons (Fsp3) is 0.632. The fourth-order valence-electron chi connectivity index (χ4n) is 3.92. The molecular weight excluding hydrogens is 385 g/mol. The molecule has 0 spiro atoms. The van der Waals surface area contributed by atoms with Crippen molar-refractivity contribution >= 4 is 15.9 Å². The van der Waals surface area contributed by atoms with Gasteiger partial charge in [0.1, 0.15) is 5.82 Å². The SMILES string of the molecule is CS(=O)(=O)N1CCN(CCNC(=O)C2(c3ccc(F)cc3)CCOCC2)CC1. The van der Waals surface area contributed by atoms with Crippen LogP contribution in [0.4, 0.5) is 4.39 Å². The van der Waals surface area contributed by atoms with Crippen molar-refractivity contribution in [2.45, 2.75) is 18.3 Å². The Kier molecular flexibility index (Phi) is 6.69. The summed E-state index contributed by atoms with van der Waals surface area (Å²) in [7, 11) is -3.14. The van der Waals surface area contributed by atoms with Gasteiger partial charge in [0.15, 0.2) is 0 Å². The molecule has 2 aliphatic heterocycles. The molecule has 1 amide bonds. The first kappa shape index (κ1) is 21.2. The Morgan fingerprint density at radius 3 is 2.32 bits per heavy atom. The van der Waals surface area contributed by atoms with Gasteiger partial charge in [-0.2, -0.15) is 4.31 Å². The minimum absolute atomic E-state index is 0.0582. The minimum Gasteiger partial charge on any atom is -0.381 e. The van der Waals surface area contributed by atoms with Gasteiger partial charge >= 0.3 is 0 Å². The molecule has 0 saturated carbocycles. The van der Waals surface area contributed by atoms with Gasteiger partial charge in [-0.15, -0.1) is 0 Å². The minimum atomic E-state index is -3.14. The molecule has 0 unspecified atom stereocenters. The molecule has 0 bridgehead atoms. The molecule has 28 heavy (non-hydrogen) atoms. The van der Waals surface area contributed by atoms with E-state index < -0.39 is 15.4 Å². The van der Waals surface area contributed by atoms with Crippen LogP contribution in [-0.2, 0) is 25.0 Å². The lowest BCUT2D eigenvalue weighted by atomic mass is 9.73. The summed E-state index contributed by atoms with van der Waals surface area (Å²) >= 11 is 0. The molecular formula is C19H28FN3O4S. The summed E-state index contributed by atoms with van der Waals surface area (Å²) in [5, 5.41) is 3.03. The smallest absolute Gasteiger partial charge is 0.230 e. The normalized spacial score (nSPS) is 21.4. The van der Waals surface area contributed by atoms with E-state index in [4.69, 9.17) is 4.74 Å². The summed E-state index contributed by atoms with van der Waals surface area (Å²) in [4.78, 5) is 15.2. The molecule has 1 N–H and O–H groups in total. The van der Waals surface area contributed by atoms with Crippen molar-refractivity contribution in [3.63, 3.8) is 0 Å². The second kappa shape index (κ2) is 8.86. The van der Waals surface area contributed by atoms with Crippen LogP contribution in [-0.4, -0.2) is 82.3 Å². The third-order valence-corrected chi connectivity index (χ3v) is 6.99. The van der Waals surface area contributed by atoms with E-state index in [2.05, 4.69) is 10.2 Å². The Balaban J connectivity index is 1.56. The van der Waals surface area contributed by atoms with E-state index >= 15 is 0 Å². The van der Waals surface area contributed by atoms with Gasteiger partial charge < -0.3 is 10.1 Å². The number of ether oxygens (including phenoxy) is 1. The molecule has 2 aliphatic rings. The number of hydrogen-bond donors (Lipinski definition) is 1. The van der Waals surface area contributed by atoms with Gasteiger partial charge in [-0.25, -0.2) is 12.8 Å². The van der Waals surface area contributed by atoms with E-state index in [0.717, 1.165) is 5.56 Å². The maximum atomic E-state index is 13.3. The van der Waals surface area contributed by atoms with Crippen molar-refractivity contribution < 1.29 is 22.3 Å². The number of carbonyl (C=O) groups excluding carboxylic acids is 1. The first-order valence-electron chi connectivity index (χ1n) is 9.61. The van der Waals surface area contributed by atoms with Gasteiger partial charge in [0.05, 0.1) is 11.7 Å². The Bertz CT molecular complexity index is 771. The van der Waals surface area contributed by atoms with Crippen LogP contribution < -0.4 is 5.32 Å². The highest BCUT2D eigenvalue weighted by Gasteiger charge is 2.41. The number of nitrogens with one attached hydrogen (secondary N) is 1. The van der Waals surface area contributed by atoms with Crippen LogP contribution in [0.2, 0.25) is 0 Å². The van der Waals surface area contributed by atoms with Crippen molar-refractivity contribution in [1.82, 2.24) is 14.5 Å². The Hall–Kier alpha value is -1.55. The highest BCUT2D eigenvalue weighted by atomic mass is 32.2. The van der Waals surface area contributed by atoms with E-state index in [1.54, 1.807) is 12.1 Å². The fourth-order valence-corrected chi connectivity index (χ4v) is 4.74. The average molecular weight is 414 g/mol. The molecule has 2 heterocycles. The molecule has 2 saturated heterocycles. The zero-order valence-electron chi connectivity index (χ0n) is 16.2. The molecule has 2 fully saturated rings. The number of piperazine rings is 1. The van der Waals surface area contributed by atoms with Crippen LogP contribution in [0.25, 0.3) is 0 Å². The van der Waals surface area contributed by atoms with E-state index in [-0.39, 0.29) is 11.7 Å². The standard InChI is InChI=1S/C19H28FN3O4S/c1-28(25,26)23-12-10-22(11-13-23)9-8-21-18(24)19(6-14-27-15-7-19)16-2-4-17(20)5-3-16/h2-5H,6-15H2,1H3,(H,21,24). The maximum Gasteiger partial charge on any atom is 0.230 e. The van der Waals surface area contributed by atoms with E-state index in [1.165, 1.54) is 22.7 Å². The Morgan fingerprint density at radius 2 is 1.75 bits per heavy atom. The summed E-state index contributed by atoms with van der Waals surface area (Å²) < 4.78 is 43.4. The maximum absolute atomic E-state index is 13.3. The summed E-state index contributed by atoms with van der Waals surface area (Å²) in [6.07, 6.45) is 2.36. The van der Waals surface area contributed by atoms with Crippen molar-refractivity contribution in [2.24, 2.45) is 0 Å². The molecule has 156 valence electrons.